The second-order valence-electron chi connectivity index (χ2n) is 9.42. The van der Waals surface area contributed by atoms with Crippen molar-refractivity contribution in [2.24, 2.45) is 7.05 Å². The van der Waals surface area contributed by atoms with Crippen molar-refractivity contribution in [1.82, 2.24) is 19.7 Å². The summed E-state index contributed by atoms with van der Waals surface area (Å²) in [4.78, 5) is 10.3. The highest BCUT2D eigenvalue weighted by Gasteiger charge is 2.28. The van der Waals surface area contributed by atoms with Gasteiger partial charge >= 0.3 is 0 Å². The zero-order valence-electron chi connectivity index (χ0n) is 18.8. The van der Waals surface area contributed by atoms with Crippen LogP contribution < -0.4 is 10.6 Å². The maximum atomic E-state index is 5.55. The van der Waals surface area contributed by atoms with Gasteiger partial charge in [0.25, 0.3) is 0 Å². The number of aryl methyl sites for hydroxylation is 3. The first-order chi connectivity index (χ1) is 15.7. The molecule has 0 aromatic carbocycles. The molecule has 2 fully saturated rings. The molecule has 4 heterocycles. The molecule has 0 amide bonds. The van der Waals surface area contributed by atoms with Crippen LogP contribution in [0.3, 0.4) is 0 Å². The zero-order valence-corrected chi connectivity index (χ0v) is 19.6. The van der Waals surface area contributed by atoms with Gasteiger partial charge in [-0.05, 0) is 50.5 Å². The number of rotatable bonds is 5. The fraction of sp³-hybridized carbons (Fsp3) is 0.583. The molecular formula is C24H32N6OS. The van der Waals surface area contributed by atoms with Crippen molar-refractivity contribution >= 4 is 38.7 Å². The van der Waals surface area contributed by atoms with E-state index in [0.29, 0.717) is 6.04 Å². The summed E-state index contributed by atoms with van der Waals surface area (Å²) in [5, 5.41) is 13.1. The molecule has 0 spiro atoms. The monoisotopic (exact) mass is 452 g/mol. The maximum absolute atomic E-state index is 5.55. The Morgan fingerprint density at radius 2 is 1.97 bits per heavy atom. The van der Waals surface area contributed by atoms with Crippen LogP contribution in [-0.4, -0.2) is 58.1 Å². The Morgan fingerprint density at radius 1 is 1.12 bits per heavy atom. The minimum Gasteiger partial charge on any atom is -0.382 e. The van der Waals surface area contributed by atoms with Crippen LogP contribution in [0.2, 0.25) is 0 Å². The Morgan fingerprint density at radius 3 is 2.75 bits per heavy atom. The lowest BCUT2D eigenvalue weighted by molar-refractivity contribution is 0.00791. The quantitative estimate of drug-likeness (QED) is 0.601. The summed E-state index contributed by atoms with van der Waals surface area (Å²) in [7, 11) is 1.94. The van der Waals surface area contributed by atoms with Crippen molar-refractivity contribution in [3.8, 4) is 0 Å². The number of nitrogens with zero attached hydrogens (tertiary/aromatic N) is 4. The smallest absolute Gasteiger partial charge is 0.134 e. The zero-order chi connectivity index (χ0) is 21.5. The molecule has 1 saturated carbocycles. The topological polar surface area (TPSA) is 67.2 Å². The van der Waals surface area contributed by atoms with Crippen molar-refractivity contribution in [2.75, 3.05) is 36.9 Å². The van der Waals surface area contributed by atoms with Gasteiger partial charge in [0.2, 0.25) is 0 Å². The third-order valence-electron chi connectivity index (χ3n) is 7.27. The summed E-state index contributed by atoms with van der Waals surface area (Å²) >= 11 is 1.88. The van der Waals surface area contributed by atoms with Crippen molar-refractivity contribution in [3.05, 3.63) is 28.9 Å². The van der Waals surface area contributed by atoms with Crippen molar-refractivity contribution < 1.29 is 4.74 Å². The molecule has 7 nitrogen and oxygen atoms in total. The fourth-order valence-corrected chi connectivity index (χ4v) is 6.94. The van der Waals surface area contributed by atoms with E-state index in [1.807, 2.05) is 35.5 Å². The minimum absolute atomic E-state index is 0.529. The lowest BCUT2D eigenvalue weighted by atomic mass is 9.89. The van der Waals surface area contributed by atoms with Gasteiger partial charge in [0, 0.05) is 60.4 Å². The molecule has 1 saturated heterocycles. The highest BCUT2D eigenvalue weighted by atomic mass is 32.1. The van der Waals surface area contributed by atoms with E-state index < -0.39 is 0 Å². The molecule has 0 radical (unpaired) electrons. The Balaban J connectivity index is 1.23. The lowest BCUT2D eigenvalue weighted by Crippen LogP contribution is -2.46. The van der Waals surface area contributed by atoms with E-state index in [4.69, 9.17) is 9.72 Å². The summed E-state index contributed by atoms with van der Waals surface area (Å²) in [6.07, 6.45) is 12.5. The van der Waals surface area contributed by atoms with E-state index in [1.165, 1.54) is 66.5 Å². The third-order valence-corrected chi connectivity index (χ3v) is 8.46. The molecule has 6 rings (SSSR count). The maximum Gasteiger partial charge on any atom is 0.134 e. The molecule has 170 valence electrons. The average Bonchev–Trinajstić information content (AvgIpc) is 3.51. The summed E-state index contributed by atoms with van der Waals surface area (Å²) in [6, 6.07) is 3.47. The number of pyridine rings is 1. The first kappa shape index (κ1) is 20.4. The first-order valence-electron chi connectivity index (χ1n) is 12.0. The standard InChI is InChI=1S/C24H32N6OS/c1-29-15-17(14-25-29)27-22-13-20(23-19-3-2-4-21(19)32-24(23)28-22)26-16-5-7-18(8-6-16)30-9-11-31-12-10-30/h13-16,18H,2-12H2,1H3,(H2,26,27,28)/t16-,18-. The molecule has 32 heavy (non-hydrogen) atoms. The second-order valence-corrected chi connectivity index (χ2v) is 10.5. The van der Waals surface area contributed by atoms with Crippen molar-refractivity contribution in [2.45, 2.75) is 57.0 Å². The number of anilines is 3. The Kier molecular flexibility index (Phi) is 5.53. The molecule has 3 aliphatic rings. The number of ether oxygens (including phenoxy) is 1. The first-order valence-corrected chi connectivity index (χ1v) is 12.8. The van der Waals surface area contributed by atoms with E-state index in [2.05, 4.69) is 26.7 Å². The normalized spacial score (nSPS) is 24.0. The number of fused-ring (bicyclic) bond motifs is 3. The van der Waals surface area contributed by atoms with Gasteiger partial charge in [-0.1, -0.05) is 0 Å². The van der Waals surface area contributed by atoms with Crippen molar-refractivity contribution in [3.63, 3.8) is 0 Å². The van der Waals surface area contributed by atoms with E-state index in [1.54, 1.807) is 0 Å². The molecule has 3 aromatic heterocycles. The van der Waals surface area contributed by atoms with Crippen LogP contribution in [0, 0.1) is 0 Å². The summed E-state index contributed by atoms with van der Waals surface area (Å²) in [5.41, 5.74) is 3.77. The predicted octanol–water partition coefficient (Wildman–Crippen LogP) is 4.32. The summed E-state index contributed by atoms with van der Waals surface area (Å²) in [5.74, 6) is 0.898. The van der Waals surface area contributed by atoms with Crippen LogP contribution in [0.1, 0.15) is 42.5 Å². The van der Waals surface area contributed by atoms with Gasteiger partial charge in [-0.3, -0.25) is 9.58 Å². The fourth-order valence-electron chi connectivity index (χ4n) is 5.66. The molecule has 0 unspecified atom stereocenters. The second kappa shape index (κ2) is 8.65. The highest BCUT2D eigenvalue weighted by Crippen LogP contribution is 2.42. The molecule has 0 atom stereocenters. The third kappa shape index (κ3) is 4.00. The van der Waals surface area contributed by atoms with Gasteiger partial charge in [-0.15, -0.1) is 11.3 Å². The molecule has 8 heteroatoms. The number of morpholine rings is 1. The van der Waals surface area contributed by atoms with Crippen LogP contribution in [-0.2, 0) is 24.6 Å². The summed E-state index contributed by atoms with van der Waals surface area (Å²) < 4.78 is 7.36. The van der Waals surface area contributed by atoms with Gasteiger partial charge in [-0.2, -0.15) is 5.10 Å². The Bertz CT molecular complexity index is 1090. The van der Waals surface area contributed by atoms with E-state index in [0.717, 1.165) is 48.7 Å². The Hall–Kier alpha value is -2.16. The van der Waals surface area contributed by atoms with Gasteiger partial charge < -0.3 is 15.4 Å². The number of thiophene rings is 1. The molecule has 2 N–H and O–H groups in total. The van der Waals surface area contributed by atoms with Gasteiger partial charge in [0.15, 0.2) is 0 Å². The van der Waals surface area contributed by atoms with Crippen molar-refractivity contribution in [1.29, 1.82) is 0 Å². The van der Waals surface area contributed by atoms with Gasteiger partial charge in [-0.25, -0.2) is 4.98 Å². The highest BCUT2D eigenvalue weighted by molar-refractivity contribution is 7.19. The number of hydrogen-bond acceptors (Lipinski definition) is 7. The number of aromatic nitrogens is 3. The minimum atomic E-state index is 0.529. The van der Waals surface area contributed by atoms with Gasteiger partial charge in [0.05, 0.1) is 25.1 Å². The van der Waals surface area contributed by atoms with Crippen LogP contribution in [0.5, 0.6) is 0 Å². The van der Waals surface area contributed by atoms with Gasteiger partial charge in [0.1, 0.15) is 10.6 Å². The summed E-state index contributed by atoms with van der Waals surface area (Å²) in [6.45, 7) is 3.97. The average molecular weight is 453 g/mol. The van der Waals surface area contributed by atoms with Crippen LogP contribution in [0.15, 0.2) is 18.5 Å². The van der Waals surface area contributed by atoms with E-state index in [-0.39, 0.29) is 0 Å². The molecule has 2 aliphatic carbocycles. The predicted molar refractivity (Wildman–Crippen MR) is 130 cm³/mol. The van der Waals surface area contributed by atoms with E-state index >= 15 is 0 Å². The molecular weight excluding hydrogens is 420 g/mol. The van der Waals surface area contributed by atoms with Crippen LogP contribution in [0.25, 0.3) is 10.2 Å². The number of nitrogens with one attached hydrogen (secondary N) is 2. The Labute approximate surface area is 193 Å². The van der Waals surface area contributed by atoms with Crippen LogP contribution in [0.4, 0.5) is 17.2 Å². The molecule has 0 bridgehead atoms. The largest absolute Gasteiger partial charge is 0.382 e. The molecule has 3 aromatic rings. The number of hydrogen-bond donors (Lipinski definition) is 2. The molecule has 1 aliphatic heterocycles. The van der Waals surface area contributed by atoms with Crippen LogP contribution >= 0.6 is 11.3 Å². The van der Waals surface area contributed by atoms with E-state index in [9.17, 15) is 0 Å². The lowest BCUT2D eigenvalue weighted by Gasteiger charge is -2.39. The SMILES string of the molecule is Cn1cc(Nc2cc(N[C@H]3CC[C@H](N4CCOCC4)CC3)c3c4c(sc3n2)CCC4)cn1.